The summed E-state index contributed by atoms with van der Waals surface area (Å²) in [6.45, 7) is 7.79. The van der Waals surface area contributed by atoms with Crippen LogP contribution < -0.4 is 5.32 Å². The summed E-state index contributed by atoms with van der Waals surface area (Å²) in [5, 5.41) is 3.40. The van der Waals surface area contributed by atoms with E-state index in [-0.39, 0.29) is 0 Å². The first-order chi connectivity index (χ1) is 5.79. The molecule has 12 heavy (non-hydrogen) atoms. The van der Waals surface area contributed by atoms with Crippen LogP contribution in [-0.4, -0.2) is 11.1 Å². The second kappa shape index (κ2) is 2.94. The van der Waals surface area contributed by atoms with E-state index < -0.39 is 0 Å². The van der Waals surface area contributed by atoms with Crippen molar-refractivity contribution >= 4 is 0 Å². The Morgan fingerprint density at radius 1 is 1.50 bits per heavy atom. The summed E-state index contributed by atoms with van der Waals surface area (Å²) in [5.74, 6) is 0.654. The number of rotatable bonds is 1. The minimum atomic E-state index is 0.654. The van der Waals surface area contributed by atoms with Crippen LogP contribution in [-0.2, 0) is 13.1 Å². The minimum absolute atomic E-state index is 0.654. The topological polar surface area (TPSA) is 17.0 Å². The Morgan fingerprint density at radius 3 is 3.08 bits per heavy atom. The molecule has 0 saturated carbocycles. The van der Waals surface area contributed by atoms with Crippen LogP contribution in [0.5, 0.6) is 0 Å². The molecule has 0 aromatic carbocycles. The van der Waals surface area contributed by atoms with Gasteiger partial charge in [-0.2, -0.15) is 0 Å². The molecule has 2 heterocycles. The molecule has 0 fully saturated rings. The van der Waals surface area contributed by atoms with Gasteiger partial charge in [0.2, 0.25) is 0 Å². The quantitative estimate of drug-likeness (QED) is 0.668. The second-order valence-electron chi connectivity index (χ2n) is 3.74. The van der Waals surface area contributed by atoms with Gasteiger partial charge in [0, 0.05) is 31.5 Å². The minimum Gasteiger partial charge on any atom is -0.349 e. The Balaban J connectivity index is 2.38. The van der Waals surface area contributed by atoms with Crippen LogP contribution >= 0.6 is 0 Å². The number of hydrogen-bond donors (Lipinski definition) is 1. The van der Waals surface area contributed by atoms with E-state index in [9.17, 15) is 0 Å². The van der Waals surface area contributed by atoms with Crippen molar-refractivity contribution < 1.29 is 0 Å². The molecule has 1 aliphatic heterocycles. The lowest BCUT2D eigenvalue weighted by Gasteiger charge is -2.19. The highest BCUT2D eigenvalue weighted by molar-refractivity contribution is 5.26. The smallest absolute Gasteiger partial charge is 0.0362 e. The molecule has 0 bridgehead atoms. The molecule has 1 aromatic rings. The van der Waals surface area contributed by atoms with Gasteiger partial charge in [0.05, 0.1) is 0 Å². The molecule has 1 N–H and O–H groups in total. The largest absolute Gasteiger partial charge is 0.349 e. The highest BCUT2D eigenvalue weighted by atomic mass is 15.1. The molecule has 0 atom stereocenters. The first-order valence-corrected chi connectivity index (χ1v) is 4.67. The van der Waals surface area contributed by atoms with Crippen LogP contribution in [0.1, 0.15) is 31.0 Å². The summed E-state index contributed by atoms with van der Waals surface area (Å²) in [4.78, 5) is 0. The molecule has 0 aliphatic carbocycles. The molecule has 0 radical (unpaired) electrons. The SMILES string of the molecule is CC(C)c1ccn2c1CNCC2. The molecule has 2 heteroatoms. The second-order valence-corrected chi connectivity index (χ2v) is 3.74. The third-order valence-electron chi connectivity index (χ3n) is 2.56. The fourth-order valence-corrected chi connectivity index (χ4v) is 1.87. The molecule has 1 aliphatic rings. The van der Waals surface area contributed by atoms with Crippen molar-refractivity contribution in [3.8, 4) is 0 Å². The van der Waals surface area contributed by atoms with E-state index in [1.807, 2.05) is 0 Å². The van der Waals surface area contributed by atoms with Crippen molar-refractivity contribution in [2.45, 2.75) is 32.9 Å². The number of hydrogen-bond acceptors (Lipinski definition) is 1. The molecule has 0 spiro atoms. The summed E-state index contributed by atoms with van der Waals surface area (Å²) in [6.07, 6.45) is 2.21. The van der Waals surface area contributed by atoms with Crippen LogP contribution in [0.3, 0.4) is 0 Å². The normalized spacial score (nSPS) is 16.6. The zero-order chi connectivity index (χ0) is 8.55. The Kier molecular flexibility index (Phi) is 1.93. The molecule has 2 nitrogen and oxygen atoms in total. The average Bonchev–Trinajstić information content (AvgIpc) is 2.47. The van der Waals surface area contributed by atoms with Crippen LogP contribution in [0.4, 0.5) is 0 Å². The first kappa shape index (κ1) is 7.87. The summed E-state index contributed by atoms with van der Waals surface area (Å²) in [6, 6.07) is 2.26. The molecule has 2 rings (SSSR count). The number of nitrogens with one attached hydrogen (secondary N) is 1. The van der Waals surface area contributed by atoms with Crippen molar-refractivity contribution in [2.24, 2.45) is 0 Å². The van der Waals surface area contributed by atoms with Crippen molar-refractivity contribution in [1.29, 1.82) is 0 Å². The third-order valence-corrected chi connectivity index (χ3v) is 2.56. The van der Waals surface area contributed by atoms with Crippen molar-refractivity contribution in [3.05, 3.63) is 23.5 Å². The third kappa shape index (κ3) is 1.16. The standard InChI is InChI=1S/C10H16N2/c1-8(2)9-3-5-12-6-4-11-7-10(9)12/h3,5,8,11H,4,6-7H2,1-2H3. The maximum Gasteiger partial charge on any atom is 0.0362 e. The fraction of sp³-hybridized carbons (Fsp3) is 0.600. The molecular weight excluding hydrogens is 148 g/mol. The van der Waals surface area contributed by atoms with E-state index in [1.54, 1.807) is 0 Å². The van der Waals surface area contributed by atoms with Crippen LogP contribution in [0, 0.1) is 0 Å². The highest BCUT2D eigenvalue weighted by Gasteiger charge is 2.13. The molecular formula is C10H16N2. The van der Waals surface area contributed by atoms with Gasteiger partial charge in [-0.15, -0.1) is 0 Å². The zero-order valence-electron chi connectivity index (χ0n) is 7.80. The summed E-state index contributed by atoms with van der Waals surface area (Å²) < 4.78 is 2.37. The van der Waals surface area contributed by atoms with Gasteiger partial charge in [0.1, 0.15) is 0 Å². The number of nitrogens with zero attached hydrogens (tertiary/aromatic N) is 1. The highest BCUT2D eigenvalue weighted by Crippen LogP contribution is 2.21. The summed E-state index contributed by atoms with van der Waals surface area (Å²) in [7, 11) is 0. The van der Waals surface area contributed by atoms with Gasteiger partial charge in [-0.05, 0) is 17.5 Å². The fourth-order valence-electron chi connectivity index (χ4n) is 1.87. The van der Waals surface area contributed by atoms with E-state index in [0.29, 0.717) is 5.92 Å². The molecule has 0 saturated heterocycles. The van der Waals surface area contributed by atoms with Gasteiger partial charge in [0.25, 0.3) is 0 Å². The molecule has 66 valence electrons. The van der Waals surface area contributed by atoms with Gasteiger partial charge in [-0.1, -0.05) is 13.8 Å². The van der Waals surface area contributed by atoms with Gasteiger partial charge in [-0.25, -0.2) is 0 Å². The van der Waals surface area contributed by atoms with Gasteiger partial charge in [0.15, 0.2) is 0 Å². The van der Waals surface area contributed by atoms with E-state index in [0.717, 1.165) is 19.6 Å². The van der Waals surface area contributed by atoms with Crippen LogP contribution in [0.2, 0.25) is 0 Å². The molecule has 0 unspecified atom stereocenters. The Labute approximate surface area is 73.6 Å². The lowest BCUT2D eigenvalue weighted by Crippen LogP contribution is -2.28. The van der Waals surface area contributed by atoms with Gasteiger partial charge >= 0.3 is 0 Å². The predicted molar refractivity (Wildman–Crippen MR) is 50.2 cm³/mol. The number of aromatic nitrogens is 1. The summed E-state index contributed by atoms with van der Waals surface area (Å²) >= 11 is 0. The Morgan fingerprint density at radius 2 is 2.33 bits per heavy atom. The molecule has 1 aromatic heterocycles. The Bertz CT molecular complexity index is 273. The van der Waals surface area contributed by atoms with Gasteiger partial charge < -0.3 is 9.88 Å². The lowest BCUT2D eigenvalue weighted by molar-refractivity contribution is 0.511. The molecule has 0 amide bonds. The van der Waals surface area contributed by atoms with E-state index in [1.165, 1.54) is 11.3 Å². The van der Waals surface area contributed by atoms with Crippen molar-refractivity contribution in [3.63, 3.8) is 0 Å². The summed E-state index contributed by atoms with van der Waals surface area (Å²) in [5.41, 5.74) is 2.98. The van der Waals surface area contributed by atoms with E-state index in [2.05, 4.69) is 36.0 Å². The maximum atomic E-state index is 3.40. The van der Waals surface area contributed by atoms with E-state index in [4.69, 9.17) is 0 Å². The van der Waals surface area contributed by atoms with Crippen LogP contribution in [0.25, 0.3) is 0 Å². The van der Waals surface area contributed by atoms with Crippen molar-refractivity contribution in [2.75, 3.05) is 6.54 Å². The predicted octanol–water partition coefficient (Wildman–Crippen LogP) is 1.71. The number of fused-ring (bicyclic) bond motifs is 1. The monoisotopic (exact) mass is 164 g/mol. The first-order valence-electron chi connectivity index (χ1n) is 4.67. The Hall–Kier alpha value is -0.760. The average molecular weight is 164 g/mol. The lowest BCUT2D eigenvalue weighted by atomic mass is 10.0. The van der Waals surface area contributed by atoms with Crippen LogP contribution in [0.15, 0.2) is 12.3 Å². The van der Waals surface area contributed by atoms with Gasteiger partial charge in [-0.3, -0.25) is 0 Å². The van der Waals surface area contributed by atoms with E-state index >= 15 is 0 Å². The maximum absolute atomic E-state index is 3.40. The van der Waals surface area contributed by atoms with Crippen molar-refractivity contribution in [1.82, 2.24) is 9.88 Å². The zero-order valence-corrected chi connectivity index (χ0v) is 7.80.